The van der Waals surface area contributed by atoms with Crippen molar-refractivity contribution in [2.75, 3.05) is 11.9 Å². The van der Waals surface area contributed by atoms with Crippen LogP contribution in [0.4, 0.5) is 5.69 Å². The Morgan fingerprint density at radius 1 is 1.05 bits per heavy atom. The number of carbonyl (C=O) groups excluding carboxylic acids is 1. The van der Waals surface area contributed by atoms with E-state index in [9.17, 15) is 4.79 Å². The first-order valence-corrected chi connectivity index (χ1v) is 7.75. The highest BCUT2D eigenvalue weighted by atomic mass is 16.1. The lowest BCUT2D eigenvalue weighted by Gasteiger charge is -2.18. The van der Waals surface area contributed by atoms with Crippen LogP contribution in [0.25, 0.3) is 0 Å². The third kappa shape index (κ3) is 4.35. The summed E-state index contributed by atoms with van der Waals surface area (Å²) in [7, 11) is 0. The first-order chi connectivity index (χ1) is 10.6. The zero-order chi connectivity index (χ0) is 15.9. The number of nitrogens with one attached hydrogen (secondary N) is 2. The molecule has 3 heteroatoms. The quantitative estimate of drug-likeness (QED) is 0.846. The summed E-state index contributed by atoms with van der Waals surface area (Å²) in [6.45, 7) is 6.52. The molecular formula is C19H24N2O. The average Bonchev–Trinajstić information content (AvgIpc) is 2.54. The van der Waals surface area contributed by atoms with Crippen LogP contribution in [0.1, 0.15) is 36.1 Å². The van der Waals surface area contributed by atoms with Crippen molar-refractivity contribution < 1.29 is 4.79 Å². The van der Waals surface area contributed by atoms with Crippen LogP contribution in [0.15, 0.2) is 48.5 Å². The van der Waals surface area contributed by atoms with Gasteiger partial charge in [-0.1, -0.05) is 43.3 Å². The van der Waals surface area contributed by atoms with Crippen LogP contribution in [0.2, 0.25) is 0 Å². The second-order valence-corrected chi connectivity index (χ2v) is 5.59. The van der Waals surface area contributed by atoms with Crippen LogP contribution < -0.4 is 10.6 Å². The van der Waals surface area contributed by atoms with E-state index in [4.69, 9.17) is 0 Å². The van der Waals surface area contributed by atoms with E-state index in [1.165, 1.54) is 11.1 Å². The van der Waals surface area contributed by atoms with Crippen LogP contribution >= 0.6 is 0 Å². The summed E-state index contributed by atoms with van der Waals surface area (Å²) < 4.78 is 0. The summed E-state index contributed by atoms with van der Waals surface area (Å²) >= 11 is 0. The first-order valence-electron chi connectivity index (χ1n) is 7.75. The topological polar surface area (TPSA) is 41.1 Å². The van der Waals surface area contributed by atoms with Crippen LogP contribution in [0, 0.1) is 13.8 Å². The van der Waals surface area contributed by atoms with Crippen molar-refractivity contribution in [3.05, 3.63) is 65.2 Å². The highest BCUT2D eigenvalue weighted by molar-refractivity contribution is 5.81. The Morgan fingerprint density at radius 3 is 2.41 bits per heavy atom. The highest BCUT2D eigenvalue weighted by Crippen LogP contribution is 2.16. The van der Waals surface area contributed by atoms with Gasteiger partial charge >= 0.3 is 0 Å². The molecule has 2 N–H and O–H groups in total. The average molecular weight is 296 g/mol. The number of anilines is 1. The molecule has 0 fully saturated rings. The Bertz CT molecular complexity index is 623. The van der Waals surface area contributed by atoms with Gasteiger partial charge < -0.3 is 10.6 Å². The van der Waals surface area contributed by atoms with E-state index in [1.54, 1.807) is 0 Å². The van der Waals surface area contributed by atoms with Gasteiger partial charge in [-0.15, -0.1) is 0 Å². The molecule has 0 aliphatic rings. The Labute approximate surface area is 132 Å². The molecular weight excluding hydrogens is 272 g/mol. The normalized spacial score (nSPS) is 11.8. The molecule has 1 atom stereocenters. The lowest BCUT2D eigenvalue weighted by molar-refractivity contribution is -0.120. The minimum absolute atomic E-state index is 0.00827. The number of rotatable bonds is 6. The van der Waals surface area contributed by atoms with Crippen molar-refractivity contribution in [2.24, 2.45) is 0 Å². The number of benzene rings is 2. The molecule has 0 aromatic heterocycles. The number of amides is 1. The van der Waals surface area contributed by atoms with Gasteiger partial charge in [-0.05, 0) is 49.1 Å². The second kappa shape index (κ2) is 7.64. The minimum atomic E-state index is 0.00827. The third-order valence-electron chi connectivity index (χ3n) is 3.91. The predicted octanol–water partition coefficient (Wildman–Crippen LogP) is 3.98. The zero-order valence-corrected chi connectivity index (χ0v) is 13.5. The maximum absolute atomic E-state index is 12.1. The predicted molar refractivity (Wildman–Crippen MR) is 92.0 cm³/mol. The van der Waals surface area contributed by atoms with Gasteiger partial charge in [0.1, 0.15) is 0 Å². The molecule has 0 aliphatic carbocycles. The van der Waals surface area contributed by atoms with Gasteiger partial charge in [-0.25, -0.2) is 0 Å². The number of carbonyl (C=O) groups is 1. The van der Waals surface area contributed by atoms with E-state index in [2.05, 4.69) is 43.5 Å². The van der Waals surface area contributed by atoms with Crippen LogP contribution in [-0.2, 0) is 4.79 Å². The summed E-state index contributed by atoms with van der Waals surface area (Å²) in [5.74, 6) is 0.00827. The fourth-order valence-corrected chi connectivity index (χ4v) is 2.39. The van der Waals surface area contributed by atoms with Crippen molar-refractivity contribution in [3.8, 4) is 0 Å². The van der Waals surface area contributed by atoms with Crippen molar-refractivity contribution in [3.63, 3.8) is 0 Å². The minimum Gasteiger partial charge on any atom is -0.376 e. The summed E-state index contributed by atoms with van der Waals surface area (Å²) in [6.07, 6.45) is 0.874. The monoisotopic (exact) mass is 296 g/mol. The summed E-state index contributed by atoms with van der Waals surface area (Å²) in [5.41, 5.74) is 4.60. The molecule has 116 valence electrons. The maximum atomic E-state index is 12.1. The molecule has 0 heterocycles. The molecule has 2 rings (SSSR count). The van der Waals surface area contributed by atoms with Gasteiger partial charge in [0.15, 0.2) is 0 Å². The largest absolute Gasteiger partial charge is 0.376 e. The van der Waals surface area contributed by atoms with E-state index >= 15 is 0 Å². The van der Waals surface area contributed by atoms with E-state index < -0.39 is 0 Å². The van der Waals surface area contributed by atoms with Gasteiger partial charge in [0.05, 0.1) is 12.6 Å². The molecule has 0 radical (unpaired) electrons. The molecule has 0 saturated heterocycles. The standard InChI is InChI=1S/C19H24N2O/c1-4-18(16-8-6-5-7-9-16)21-19(22)13-20-17-11-10-14(2)15(3)12-17/h5-12,18,20H,4,13H2,1-3H3,(H,21,22). The summed E-state index contributed by atoms with van der Waals surface area (Å²) in [5, 5.41) is 6.26. The molecule has 1 unspecified atom stereocenters. The van der Waals surface area contributed by atoms with Crippen molar-refractivity contribution in [1.82, 2.24) is 5.32 Å². The van der Waals surface area contributed by atoms with Crippen molar-refractivity contribution in [1.29, 1.82) is 0 Å². The maximum Gasteiger partial charge on any atom is 0.239 e. The second-order valence-electron chi connectivity index (χ2n) is 5.59. The summed E-state index contributed by atoms with van der Waals surface area (Å²) in [6, 6.07) is 16.3. The molecule has 2 aromatic carbocycles. The molecule has 0 aliphatic heterocycles. The van der Waals surface area contributed by atoms with Gasteiger partial charge in [0, 0.05) is 5.69 Å². The van der Waals surface area contributed by atoms with Crippen LogP contribution in [0.3, 0.4) is 0 Å². The Morgan fingerprint density at radius 2 is 1.77 bits per heavy atom. The molecule has 0 saturated carbocycles. The molecule has 0 spiro atoms. The van der Waals surface area contributed by atoms with E-state index in [-0.39, 0.29) is 18.5 Å². The molecule has 0 bridgehead atoms. The Kier molecular flexibility index (Phi) is 5.59. The lowest BCUT2D eigenvalue weighted by Crippen LogP contribution is -2.33. The van der Waals surface area contributed by atoms with Crippen LogP contribution in [-0.4, -0.2) is 12.5 Å². The van der Waals surface area contributed by atoms with Crippen molar-refractivity contribution in [2.45, 2.75) is 33.2 Å². The third-order valence-corrected chi connectivity index (χ3v) is 3.91. The lowest BCUT2D eigenvalue weighted by atomic mass is 10.0. The molecule has 2 aromatic rings. The van der Waals surface area contributed by atoms with Crippen molar-refractivity contribution >= 4 is 11.6 Å². The van der Waals surface area contributed by atoms with Gasteiger partial charge in [0.2, 0.25) is 5.91 Å². The number of hydrogen-bond donors (Lipinski definition) is 2. The molecule has 22 heavy (non-hydrogen) atoms. The fourth-order valence-electron chi connectivity index (χ4n) is 2.39. The van der Waals surface area contributed by atoms with Gasteiger partial charge in [-0.3, -0.25) is 4.79 Å². The SMILES string of the molecule is CCC(NC(=O)CNc1ccc(C)c(C)c1)c1ccccc1. The summed E-state index contributed by atoms with van der Waals surface area (Å²) in [4.78, 5) is 12.1. The Hall–Kier alpha value is -2.29. The smallest absolute Gasteiger partial charge is 0.239 e. The fraction of sp³-hybridized carbons (Fsp3) is 0.316. The Balaban J connectivity index is 1.90. The first kappa shape index (κ1) is 16.1. The van der Waals surface area contributed by atoms with Crippen LogP contribution in [0.5, 0.6) is 0 Å². The molecule has 3 nitrogen and oxygen atoms in total. The number of hydrogen-bond acceptors (Lipinski definition) is 2. The van der Waals surface area contributed by atoms with E-state index in [1.807, 2.05) is 36.4 Å². The van der Waals surface area contributed by atoms with Gasteiger partial charge in [-0.2, -0.15) is 0 Å². The van der Waals surface area contributed by atoms with E-state index in [0.29, 0.717) is 0 Å². The number of aryl methyl sites for hydroxylation is 2. The van der Waals surface area contributed by atoms with E-state index in [0.717, 1.165) is 17.7 Å². The van der Waals surface area contributed by atoms with Gasteiger partial charge in [0.25, 0.3) is 0 Å². The molecule has 1 amide bonds. The highest BCUT2D eigenvalue weighted by Gasteiger charge is 2.12. The zero-order valence-electron chi connectivity index (χ0n) is 13.5.